The Bertz CT molecular complexity index is 1410. The van der Waals surface area contributed by atoms with Gasteiger partial charge in [0, 0.05) is 17.3 Å². The van der Waals surface area contributed by atoms with Crippen molar-refractivity contribution in [2.45, 2.75) is 60.3 Å². The molecule has 188 valence electrons. The average Bonchev–Trinajstić information content (AvgIpc) is 3.12. The van der Waals surface area contributed by atoms with Crippen LogP contribution in [0.15, 0.2) is 54.6 Å². The van der Waals surface area contributed by atoms with Gasteiger partial charge in [-0.2, -0.15) is 13.2 Å². The van der Waals surface area contributed by atoms with Gasteiger partial charge >= 0.3 is 6.18 Å². The number of aryl methyl sites for hydroxylation is 4. The summed E-state index contributed by atoms with van der Waals surface area (Å²) in [7, 11) is 0. The van der Waals surface area contributed by atoms with Crippen molar-refractivity contribution in [2.75, 3.05) is 0 Å². The monoisotopic (exact) mass is 493 g/mol. The highest BCUT2D eigenvalue weighted by atomic mass is 19.4. The molecule has 1 amide bonds. The Balaban J connectivity index is 1.83. The van der Waals surface area contributed by atoms with Gasteiger partial charge in [0.1, 0.15) is 5.82 Å². The van der Waals surface area contributed by atoms with Crippen molar-refractivity contribution in [1.82, 2.24) is 14.5 Å². The maximum Gasteiger partial charge on any atom is 0.416 e. The van der Waals surface area contributed by atoms with E-state index in [9.17, 15) is 18.0 Å². The Morgan fingerprint density at radius 1 is 0.917 bits per heavy atom. The van der Waals surface area contributed by atoms with Crippen molar-refractivity contribution in [3.8, 4) is 5.69 Å². The number of alkyl halides is 3. The van der Waals surface area contributed by atoms with Crippen LogP contribution in [0.5, 0.6) is 0 Å². The third kappa shape index (κ3) is 4.87. The van der Waals surface area contributed by atoms with Crippen LogP contribution in [-0.4, -0.2) is 26.4 Å². The van der Waals surface area contributed by atoms with E-state index in [1.165, 1.54) is 12.1 Å². The maximum absolute atomic E-state index is 13.8. The number of fused-ring (bicyclic) bond motifs is 1. The lowest BCUT2D eigenvalue weighted by Gasteiger charge is -2.28. The molecule has 0 atom stereocenters. The van der Waals surface area contributed by atoms with E-state index in [-0.39, 0.29) is 18.5 Å². The second-order valence-corrected chi connectivity index (χ2v) is 9.70. The zero-order chi connectivity index (χ0) is 26.4. The van der Waals surface area contributed by atoms with Crippen LogP contribution in [0.3, 0.4) is 0 Å². The van der Waals surface area contributed by atoms with Gasteiger partial charge in [-0.3, -0.25) is 9.36 Å². The van der Waals surface area contributed by atoms with Crippen LogP contribution in [0.25, 0.3) is 16.7 Å². The molecule has 1 aromatic heterocycles. The molecule has 0 aliphatic rings. The number of amides is 1. The van der Waals surface area contributed by atoms with E-state index >= 15 is 0 Å². The van der Waals surface area contributed by atoms with Gasteiger partial charge in [-0.15, -0.1) is 0 Å². The van der Waals surface area contributed by atoms with Gasteiger partial charge in [0.2, 0.25) is 0 Å². The molecule has 36 heavy (non-hydrogen) atoms. The summed E-state index contributed by atoms with van der Waals surface area (Å²) in [5, 5.41) is 0. The maximum atomic E-state index is 13.8. The van der Waals surface area contributed by atoms with Gasteiger partial charge in [-0.1, -0.05) is 23.8 Å². The summed E-state index contributed by atoms with van der Waals surface area (Å²) in [6.07, 6.45) is -4.42. The number of hydrogen-bond acceptors (Lipinski definition) is 2. The van der Waals surface area contributed by atoms with Crippen molar-refractivity contribution >= 4 is 16.9 Å². The van der Waals surface area contributed by atoms with Gasteiger partial charge in [-0.05, 0) is 94.6 Å². The molecular weight excluding hydrogens is 463 g/mol. The van der Waals surface area contributed by atoms with Crippen molar-refractivity contribution < 1.29 is 18.0 Å². The fraction of sp³-hybridized carbons (Fsp3) is 0.310. The Morgan fingerprint density at radius 3 is 2.08 bits per heavy atom. The van der Waals surface area contributed by atoms with Gasteiger partial charge < -0.3 is 4.90 Å². The number of aromatic nitrogens is 2. The second-order valence-electron chi connectivity index (χ2n) is 9.70. The minimum absolute atomic E-state index is 0.0952. The summed E-state index contributed by atoms with van der Waals surface area (Å²) in [5.74, 6) is 0.488. The van der Waals surface area contributed by atoms with E-state index in [4.69, 9.17) is 4.98 Å². The van der Waals surface area contributed by atoms with Gasteiger partial charge in [-0.25, -0.2) is 4.98 Å². The number of halogens is 3. The lowest BCUT2D eigenvalue weighted by molar-refractivity contribution is -0.137. The Kier molecular flexibility index (Phi) is 6.69. The lowest BCUT2D eigenvalue weighted by atomic mass is 9.98. The van der Waals surface area contributed by atoms with Crippen molar-refractivity contribution in [2.24, 2.45) is 0 Å². The summed E-state index contributed by atoms with van der Waals surface area (Å²) >= 11 is 0. The third-order valence-electron chi connectivity index (χ3n) is 6.42. The van der Waals surface area contributed by atoms with Crippen LogP contribution >= 0.6 is 0 Å². The van der Waals surface area contributed by atoms with E-state index < -0.39 is 11.7 Å². The van der Waals surface area contributed by atoms with Gasteiger partial charge in [0.15, 0.2) is 0 Å². The van der Waals surface area contributed by atoms with E-state index in [1.54, 1.807) is 4.90 Å². The highest BCUT2D eigenvalue weighted by molar-refractivity contribution is 5.97. The quantitative estimate of drug-likeness (QED) is 0.292. The molecule has 0 fully saturated rings. The van der Waals surface area contributed by atoms with Crippen LogP contribution in [0.1, 0.15) is 57.8 Å². The van der Waals surface area contributed by atoms with Crippen molar-refractivity contribution in [3.05, 3.63) is 93.8 Å². The Hall–Kier alpha value is -3.61. The van der Waals surface area contributed by atoms with Crippen molar-refractivity contribution in [1.29, 1.82) is 0 Å². The Labute approximate surface area is 209 Å². The van der Waals surface area contributed by atoms with Crippen LogP contribution < -0.4 is 0 Å². The van der Waals surface area contributed by atoms with Crippen LogP contribution in [0.4, 0.5) is 13.2 Å². The normalized spacial score (nSPS) is 11.9. The van der Waals surface area contributed by atoms with E-state index in [2.05, 4.69) is 0 Å². The summed E-state index contributed by atoms with van der Waals surface area (Å²) in [6, 6.07) is 14.7. The first-order valence-electron chi connectivity index (χ1n) is 11.9. The molecular formula is C29H30F3N3O. The standard InChI is InChI=1S/C29H30F3N3O/c1-17(2)34(28(36)27-20(5)13-19(4)14-21(27)6)16-26-33-24-15-18(3)7-12-25(24)35(26)23-10-8-22(9-11-23)29(30,31)32/h7-15,17H,16H2,1-6H3. The van der Waals surface area contributed by atoms with Crippen LogP contribution in [-0.2, 0) is 12.7 Å². The molecule has 0 radical (unpaired) electrons. The second kappa shape index (κ2) is 9.45. The molecule has 7 heteroatoms. The predicted molar refractivity (Wildman–Crippen MR) is 136 cm³/mol. The molecule has 4 aromatic rings. The smallest absolute Gasteiger partial charge is 0.329 e. The first-order chi connectivity index (χ1) is 16.9. The van der Waals surface area contributed by atoms with Crippen LogP contribution in [0, 0.1) is 27.7 Å². The highest BCUT2D eigenvalue weighted by Crippen LogP contribution is 2.31. The third-order valence-corrected chi connectivity index (χ3v) is 6.42. The summed E-state index contributed by atoms with van der Waals surface area (Å²) in [5.41, 5.74) is 5.96. The van der Waals surface area contributed by atoms with Gasteiger partial charge in [0.05, 0.1) is 23.1 Å². The molecule has 4 rings (SSSR count). The number of nitrogens with zero attached hydrogens (tertiary/aromatic N) is 3. The molecule has 0 saturated carbocycles. The van der Waals surface area contributed by atoms with E-state index in [0.717, 1.165) is 45.4 Å². The number of hydrogen-bond donors (Lipinski definition) is 0. The topological polar surface area (TPSA) is 38.1 Å². The number of benzene rings is 3. The van der Waals surface area contributed by atoms with E-state index in [1.807, 2.05) is 76.4 Å². The molecule has 0 spiro atoms. The van der Waals surface area contributed by atoms with Gasteiger partial charge in [0.25, 0.3) is 5.91 Å². The summed E-state index contributed by atoms with van der Waals surface area (Å²) in [6.45, 7) is 11.9. The molecule has 3 aromatic carbocycles. The van der Waals surface area contributed by atoms with E-state index in [0.29, 0.717) is 17.1 Å². The number of rotatable bonds is 5. The largest absolute Gasteiger partial charge is 0.416 e. The highest BCUT2D eigenvalue weighted by Gasteiger charge is 2.30. The first kappa shape index (κ1) is 25.5. The zero-order valence-corrected chi connectivity index (χ0v) is 21.4. The fourth-order valence-electron chi connectivity index (χ4n) is 4.74. The lowest BCUT2D eigenvalue weighted by Crippen LogP contribution is -2.38. The molecule has 0 aliphatic carbocycles. The first-order valence-corrected chi connectivity index (χ1v) is 11.9. The summed E-state index contributed by atoms with van der Waals surface area (Å²) < 4.78 is 41.4. The SMILES string of the molecule is Cc1cc(C)c(C(=O)N(Cc2nc3cc(C)ccc3n2-c2ccc(C(F)(F)F)cc2)C(C)C)c(C)c1. The Morgan fingerprint density at radius 2 is 1.53 bits per heavy atom. The minimum atomic E-state index is -4.42. The minimum Gasteiger partial charge on any atom is -0.329 e. The number of imidazole rings is 1. The van der Waals surface area contributed by atoms with Crippen molar-refractivity contribution in [3.63, 3.8) is 0 Å². The molecule has 4 nitrogen and oxygen atoms in total. The molecule has 0 saturated heterocycles. The molecule has 1 heterocycles. The molecule has 0 aliphatic heterocycles. The molecule has 0 N–H and O–H groups in total. The number of carbonyl (C=O) groups is 1. The summed E-state index contributed by atoms with van der Waals surface area (Å²) in [4.78, 5) is 20.4. The zero-order valence-electron chi connectivity index (χ0n) is 21.4. The fourth-order valence-corrected chi connectivity index (χ4v) is 4.74. The molecule has 0 unspecified atom stereocenters. The number of carbonyl (C=O) groups excluding carboxylic acids is 1. The average molecular weight is 494 g/mol. The predicted octanol–water partition coefficient (Wildman–Crippen LogP) is 7.33. The van der Waals surface area contributed by atoms with Crippen LogP contribution in [0.2, 0.25) is 0 Å². The molecule has 0 bridgehead atoms.